The summed E-state index contributed by atoms with van der Waals surface area (Å²) in [4.78, 5) is 13.3. The lowest BCUT2D eigenvalue weighted by atomic mass is 10.2. The standard InChI is InChI=1S/C13H15NO3/c1-17-13(16)11-8-14(9-12(11)15)7-10-5-3-2-4-6-10/h2-6,15H,7-9H2,1H3/p-1. The predicted octanol–water partition coefficient (Wildman–Crippen LogP) is 0.290. The van der Waals surface area contributed by atoms with Crippen LogP contribution in [0.1, 0.15) is 5.56 Å². The molecule has 0 aromatic heterocycles. The van der Waals surface area contributed by atoms with Gasteiger partial charge in [-0.2, -0.15) is 0 Å². The molecule has 1 heterocycles. The number of carbonyl (C=O) groups is 1. The molecule has 90 valence electrons. The first-order chi connectivity index (χ1) is 8.20. The monoisotopic (exact) mass is 232 g/mol. The highest BCUT2D eigenvalue weighted by Crippen LogP contribution is 2.17. The molecule has 4 heteroatoms. The van der Waals surface area contributed by atoms with Crippen LogP contribution in [0.4, 0.5) is 0 Å². The van der Waals surface area contributed by atoms with Crippen LogP contribution in [0.5, 0.6) is 0 Å². The van der Waals surface area contributed by atoms with E-state index in [9.17, 15) is 9.90 Å². The van der Waals surface area contributed by atoms with Crippen molar-refractivity contribution in [2.24, 2.45) is 0 Å². The summed E-state index contributed by atoms with van der Waals surface area (Å²) in [6.07, 6.45) is 0. The molecule has 1 aliphatic rings. The largest absolute Gasteiger partial charge is 0.874 e. The Balaban J connectivity index is 1.99. The zero-order valence-electron chi connectivity index (χ0n) is 9.68. The maximum Gasteiger partial charge on any atom is 0.334 e. The number of benzene rings is 1. The predicted molar refractivity (Wildman–Crippen MR) is 60.8 cm³/mol. The zero-order chi connectivity index (χ0) is 12.3. The van der Waals surface area contributed by atoms with E-state index in [1.807, 2.05) is 35.2 Å². The summed E-state index contributed by atoms with van der Waals surface area (Å²) in [6.45, 7) is 1.34. The first kappa shape index (κ1) is 11.7. The Hall–Kier alpha value is -1.81. The van der Waals surface area contributed by atoms with Gasteiger partial charge in [0.1, 0.15) is 0 Å². The molecule has 0 saturated heterocycles. The van der Waals surface area contributed by atoms with E-state index < -0.39 is 5.97 Å². The second kappa shape index (κ2) is 5.01. The van der Waals surface area contributed by atoms with Crippen molar-refractivity contribution in [2.45, 2.75) is 6.54 Å². The Bertz CT molecular complexity index is 439. The third-order valence-corrected chi connectivity index (χ3v) is 2.77. The zero-order valence-corrected chi connectivity index (χ0v) is 9.68. The summed E-state index contributed by atoms with van der Waals surface area (Å²) >= 11 is 0. The lowest BCUT2D eigenvalue weighted by Crippen LogP contribution is -2.23. The summed E-state index contributed by atoms with van der Waals surface area (Å²) in [7, 11) is 1.29. The van der Waals surface area contributed by atoms with Crippen molar-refractivity contribution in [2.75, 3.05) is 20.2 Å². The second-order valence-corrected chi connectivity index (χ2v) is 4.02. The first-order valence-corrected chi connectivity index (χ1v) is 5.44. The van der Waals surface area contributed by atoms with Gasteiger partial charge < -0.3 is 9.84 Å². The Labute approximate surface area is 100 Å². The van der Waals surface area contributed by atoms with Gasteiger partial charge in [-0.05, 0) is 5.56 Å². The minimum absolute atomic E-state index is 0.132. The molecule has 0 fully saturated rings. The van der Waals surface area contributed by atoms with Crippen LogP contribution in [-0.4, -0.2) is 31.1 Å². The molecule has 0 saturated carbocycles. The average molecular weight is 232 g/mol. The molecule has 0 bridgehead atoms. The fraction of sp³-hybridized carbons (Fsp3) is 0.308. The summed E-state index contributed by atoms with van der Waals surface area (Å²) < 4.78 is 4.58. The van der Waals surface area contributed by atoms with Gasteiger partial charge in [0, 0.05) is 25.2 Å². The highest BCUT2D eigenvalue weighted by Gasteiger charge is 2.22. The number of rotatable bonds is 3. The highest BCUT2D eigenvalue weighted by molar-refractivity contribution is 5.89. The molecule has 0 atom stereocenters. The van der Waals surface area contributed by atoms with E-state index >= 15 is 0 Å². The van der Waals surface area contributed by atoms with Crippen molar-refractivity contribution in [3.8, 4) is 0 Å². The van der Waals surface area contributed by atoms with E-state index in [0.29, 0.717) is 19.6 Å². The van der Waals surface area contributed by atoms with E-state index in [-0.39, 0.29) is 11.3 Å². The number of hydrogen-bond donors (Lipinski definition) is 0. The van der Waals surface area contributed by atoms with Crippen molar-refractivity contribution in [1.82, 2.24) is 4.90 Å². The van der Waals surface area contributed by atoms with Crippen LogP contribution >= 0.6 is 0 Å². The van der Waals surface area contributed by atoms with Crippen LogP contribution in [0.2, 0.25) is 0 Å². The van der Waals surface area contributed by atoms with Crippen molar-refractivity contribution in [1.29, 1.82) is 0 Å². The lowest BCUT2D eigenvalue weighted by Gasteiger charge is -2.17. The van der Waals surface area contributed by atoms with Crippen molar-refractivity contribution >= 4 is 5.97 Å². The molecule has 17 heavy (non-hydrogen) atoms. The maximum atomic E-state index is 11.6. The molecule has 0 spiro atoms. The fourth-order valence-electron chi connectivity index (χ4n) is 1.92. The van der Waals surface area contributed by atoms with Gasteiger partial charge in [0.05, 0.1) is 7.11 Å². The van der Waals surface area contributed by atoms with Crippen molar-refractivity contribution < 1.29 is 14.6 Å². The van der Waals surface area contributed by atoms with Crippen molar-refractivity contribution in [3.05, 3.63) is 47.2 Å². The minimum Gasteiger partial charge on any atom is -0.874 e. The number of carbonyl (C=O) groups excluding carboxylic acids is 1. The number of methoxy groups -OCH3 is 1. The number of nitrogens with zero attached hydrogens (tertiary/aromatic N) is 1. The second-order valence-electron chi connectivity index (χ2n) is 4.02. The molecule has 0 N–H and O–H groups in total. The van der Waals surface area contributed by atoms with E-state index in [1.165, 1.54) is 7.11 Å². The van der Waals surface area contributed by atoms with Gasteiger partial charge in [-0.3, -0.25) is 4.90 Å². The third-order valence-electron chi connectivity index (χ3n) is 2.77. The Morgan fingerprint density at radius 3 is 2.71 bits per heavy atom. The molecule has 1 aromatic carbocycles. The fourth-order valence-corrected chi connectivity index (χ4v) is 1.92. The maximum absolute atomic E-state index is 11.6. The van der Waals surface area contributed by atoms with E-state index in [1.54, 1.807) is 0 Å². The minimum atomic E-state index is -0.509. The first-order valence-electron chi connectivity index (χ1n) is 5.44. The average Bonchev–Trinajstić information content (AvgIpc) is 2.70. The molecule has 4 nitrogen and oxygen atoms in total. The van der Waals surface area contributed by atoms with Gasteiger partial charge in [-0.15, -0.1) is 5.76 Å². The van der Waals surface area contributed by atoms with Gasteiger partial charge in [0.15, 0.2) is 0 Å². The van der Waals surface area contributed by atoms with E-state index in [2.05, 4.69) is 4.74 Å². The SMILES string of the molecule is COC(=O)C1=C([O-])CN(Cc2ccccc2)C1. The Morgan fingerprint density at radius 2 is 2.06 bits per heavy atom. The van der Waals surface area contributed by atoms with Gasteiger partial charge in [0.2, 0.25) is 0 Å². The van der Waals surface area contributed by atoms with E-state index in [0.717, 1.165) is 5.56 Å². The van der Waals surface area contributed by atoms with E-state index in [4.69, 9.17) is 0 Å². The molecule has 1 aromatic rings. The van der Waals surface area contributed by atoms with Gasteiger partial charge in [0.25, 0.3) is 0 Å². The van der Waals surface area contributed by atoms with Gasteiger partial charge in [-0.1, -0.05) is 30.3 Å². The smallest absolute Gasteiger partial charge is 0.334 e. The summed E-state index contributed by atoms with van der Waals surface area (Å²) in [5.41, 5.74) is 1.38. The van der Waals surface area contributed by atoms with Crippen LogP contribution in [0, 0.1) is 0 Å². The molecular formula is C13H14NO3-. The molecule has 0 unspecified atom stereocenters. The molecule has 2 rings (SSSR count). The number of esters is 1. The molecular weight excluding hydrogens is 218 g/mol. The lowest BCUT2D eigenvalue weighted by molar-refractivity contribution is -0.305. The van der Waals surface area contributed by atoms with Crippen LogP contribution in [0.25, 0.3) is 0 Å². The topological polar surface area (TPSA) is 52.6 Å². The quantitative estimate of drug-likeness (QED) is 0.703. The van der Waals surface area contributed by atoms with Crippen molar-refractivity contribution in [3.63, 3.8) is 0 Å². The summed E-state index contributed by atoms with van der Waals surface area (Å²) in [6, 6.07) is 9.86. The molecule has 0 amide bonds. The Kier molecular flexibility index (Phi) is 3.44. The molecule has 0 aliphatic carbocycles. The molecule has 0 radical (unpaired) electrons. The third kappa shape index (κ3) is 2.65. The summed E-state index contributed by atoms with van der Waals surface area (Å²) in [5.74, 6) is -0.640. The Morgan fingerprint density at radius 1 is 1.35 bits per heavy atom. The normalized spacial score (nSPS) is 16.3. The highest BCUT2D eigenvalue weighted by atomic mass is 16.5. The number of hydrogen-bond acceptors (Lipinski definition) is 4. The number of ether oxygens (including phenoxy) is 1. The molecule has 1 aliphatic heterocycles. The van der Waals surface area contributed by atoms with Crippen LogP contribution in [0.3, 0.4) is 0 Å². The van der Waals surface area contributed by atoms with Gasteiger partial charge in [-0.25, -0.2) is 4.79 Å². The van der Waals surface area contributed by atoms with Crippen LogP contribution in [-0.2, 0) is 16.1 Å². The van der Waals surface area contributed by atoms with Crippen LogP contribution < -0.4 is 5.11 Å². The van der Waals surface area contributed by atoms with Gasteiger partial charge >= 0.3 is 5.97 Å². The summed E-state index contributed by atoms with van der Waals surface area (Å²) in [5, 5.41) is 11.6. The van der Waals surface area contributed by atoms with Crippen LogP contribution in [0.15, 0.2) is 41.7 Å².